The molecule has 0 spiro atoms. The Bertz CT molecular complexity index is 1970. The molecule has 8 nitrogen and oxygen atoms in total. The van der Waals surface area contributed by atoms with Gasteiger partial charge in [-0.1, -0.05) is 66.7 Å². The molecule has 238 valence electrons. The molecule has 6 rings (SSSR count). The number of alkyl halides is 3. The summed E-state index contributed by atoms with van der Waals surface area (Å²) in [7, 11) is 0. The highest BCUT2D eigenvalue weighted by atomic mass is 32.2. The summed E-state index contributed by atoms with van der Waals surface area (Å²) in [4.78, 5) is 38.6. The van der Waals surface area contributed by atoms with E-state index < -0.39 is 16.8 Å². The van der Waals surface area contributed by atoms with E-state index in [0.29, 0.717) is 40.0 Å². The fraction of sp³-hybridized carbons (Fsp3) is 0.176. The summed E-state index contributed by atoms with van der Waals surface area (Å²) in [6.45, 7) is 0.362. The van der Waals surface area contributed by atoms with Crippen molar-refractivity contribution in [2.24, 2.45) is 4.99 Å². The van der Waals surface area contributed by atoms with Crippen molar-refractivity contribution in [2.75, 3.05) is 0 Å². The number of thiophene rings is 1. The number of nitrogens with one attached hydrogen (secondary N) is 1. The third-order valence-electron chi connectivity index (χ3n) is 7.45. The summed E-state index contributed by atoms with van der Waals surface area (Å²) in [6.07, 6.45) is 0.342. The molecule has 3 aromatic carbocycles. The molecule has 2 heterocycles. The van der Waals surface area contributed by atoms with Gasteiger partial charge in [0.1, 0.15) is 10.7 Å². The minimum Gasteiger partial charge on any atom is -0.348 e. The Morgan fingerprint density at radius 2 is 1.72 bits per heavy atom. The Morgan fingerprint density at radius 3 is 2.45 bits per heavy atom. The molecule has 1 aliphatic rings. The maximum Gasteiger partial charge on any atom is 0.433 e. The lowest BCUT2D eigenvalue weighted by molar-refractivity contribution is -0.387. The molecular formula is C34H26F3N5O3S2. The predicted octanol–water partition coefficient (Wildman–Crippen LogP) is 8.84. The van der Waals surface area contributed by atoms with E-state index in [0.717, 1.165) is 47.8 Å². The molecule has 0 bridgehead atoms. The number of nitro groups is 1. The van der Waals surface area contributed by atoms with Crippen LogP contribution in [0.25, 0.3) is 11.3 Å². The minimum absolute atomic E-state index is 0.0455. The van der Waals surface area contributed by atoms with Crippen LogP contribution in [0.2, 0.25) is 0 Å². The number of carbonyl (C=O) groups is 1. The van der Waals surface area contributed by atoms with Crippen LogP contribution in [0.3, 0.4) is 0 Å². The van der Waals surface area contributed by atoms with Gasteiger partial charge in [0, 0.05) is 29.3 Å². The van der Waals surface area contributed by atoms with Gasteiger partial charge in [0.25, 0.3) is 11.6 Å². The van der Waals surface area contributed by atoms with E-state index in [1.165, 1.54) is 29.7 Å². The van der Waals surface area contributed by atoms with Crippen LogP contribution in [0.1, 0.15) is 50.5 Å². The first-order valence-electron chi connectivity index (χ1n) is 14.6. The van der Waals surface area contributed by atoms with Gasteiger partial charge in [-0.05, 0) is 66.3 Å². The fourth-order valence-electron chi connectivity index (χ4n) is 5.19. The van der Waals surface area contributed by atoms with Crippen LogP contribution < -0.4 is 5.32 Å². The number of hydrogen-bond acceptors (Lipinski definition) is 8. The molecule has 1 aliphatic carbocycles. The van der Waals surface area contributed by atoms with Gasteiger partial charge in [0.15, 0.2) is 5.16 Å². The van der Waals surface area contributed by atoms with Crippen molar-refractivity contribution in [3.63, 3.8) is 0 Å². The zero-order valence-corrected chi connectivity index (χ0v) is 26.3. The van der Waals surface area contributed by atoms with Crippen LogP contribution >= 0.6 is 23.1 Å². The second-order valence-electron chi connectivity index (χ2n) is 10.7. The number of amides is 1. The van der Waals surface area contributed by atoms with Crippen molar-refractivity contribution < 1.29 is 22.9 Å². The maximum absolute atomic E-state index is 13.7. The quantitative estimate of drug-likeness (QED) is 0.0725. The number of benzene rings is 3. The highest BCUT2D eigenvalue weighted by Crippen LogP contribution is 2.41. The highest BCUT2D eigenvalue weighted by molar-refractivity contribution is 7.99. The third kappa shape index (κ3) is 7.58. The zero-order valence-electron chi connectivity index (χ0n) is 24.7. The third-order valence-corrected chi connectivity index (χ3v) is 9.58. The van der Waals surface area contributed by atoms with Crippen molar-refractivity contribution in [2.45, 2.75) is 48.5 Å². The second kappa shape index (κ2) is 13.9. The highest BCUT2D eigenvalue weighted by Gasteiger charge is 2.34. The topological polar surface area (TPSA) is 110 Å². The van der Waals surface area contributed by atoms with Crippen LogP contribution in [0, 0.1) is 10.1 Å². The first-order chi connectivity index (χ1) is 22.7. The Balaban J connectivity index is 1.29. The number of rotatable bonds is 9. The normalized spacial score (nSPS) is 13.0. The molecule has 0 saturated carbocycles. The second-order valence-corrected chi connectivity index (χ2v) is 12.8. The summed E-state index contributed by atoms with van der Waals surface area (Å²) in [5.41, 5.74) is 1.87. The summed E-state index contributed by atoms with van der Waals surface area (Å²) in [6, 6.07) is 23.0. The number of carbonyl (C=O) groups excluding carboxylic acids is 1. The van der Waals surface area contributed by atoms with E-state index in [-0.39, 0.29) is 27.3 Å². The number of aryl methyl sites for hydroxylation is 1. The van der Waals surface area contributed by atoms with Gasteiger partial charge < -0.3 is 5.32 Å². The van der Waals surface area contributed by atoms with Gasteiger partial charge in [-0.3, -0.25) is 14.9 Å². The molecule has 47 heavy (non-hydrogen) atoms. The number of fused-ring (bicyclic) bond motifs is 1. The number of nitrogens with zero attached hydrogens (tertiary/aromatic N) is 4. The van der Waals surface area contributed by atoms with Crippen LogP contribution in [-0.2, 0) is 25.6 Å². The van der Waals surface area contributed by atoms with Crippen molar-refractivity contribution in [3.8, 4) is 11.3 Å². The van der Waals surface area contributed by atoms with Gasteiger partial charge >= 0.3 is 6.18 Å². The lowest BCUT2D eigenvalue weighted by Crippen LogP contribution is -2.24. The van der Waals surface area contributed by atoms with E-state index in [1.54, 1.807) is 36.4 Å². The van der Waals surface area contributed by atoms with E-state index in [9.17, 15) is 28.1 Å². The summed E-state index contributed by atoms with van der Waals surface area (Å²) in [5.74, 6) is -0.228. The average Bonchev–Trinajstić information content (AvgIpc) is 3.45. The lowest BCUT2D eigenvalue weighted by Gasteiger charge is -2.12. The predicted molar refractivity (Wildman–Crippen MR) is 176 cm³/mol. The average molecular weight is 674 g/mol. The fourth-order valence-corrected chi connectivity index (χ4v) is 7.28. The van der Waals surface area contributed by atoms with E-state index in [2.05, 4.69) is 20.3 Å². The zero-order chi connectivity index (χ0) is 33.0. The molecule has 0 radical (unpaired) electrons. The van der Waals surface area contributed by atoms with Crippen LogP contribution in [-0.4, -0.2) is 27.0 Å². The van der Waals surface area contributed by atoms with Crippen LogP contribution in [0.5, 0.6) is 0 Å². The number of aromatic nitrogens is 2. The first-order valence-corrected chi connectivity index (χ1v) is 16.3. The lowest BCUT2D eigenvalue weighted by atomic mass is 9.95. The monoisotopic (exact) mass is 673 g/mol. The van der Waals surface area contributed by atoms with Gasteiger partial charge in [-0.2, -0.15) is 13.2 Å². The molecule has 0 unspecified atom stereocenters. The molecule has 2 aromatic heterocycles. The van der Waals surface area contributed by atoms with Crippen molar-refractivity contribution in [1.82, 2.24) is 15.3 Å². The Kier molecular flexibility index (Phi) is 9.45. The van der Waals surface area contributed by atoms with Crippen LogP contribution in [0.15, 0.2) is 100.0 Å². The maximum atomic E-state index is 13.7. The summed E-state index contributed by atoms with van der Waals surface area (Å²) >= 11 is 2.12. The first kappa shape index (κ1) is 32.1. The summed E-state index contributed by atoms with van der Waals surface area (Å²) in [5, 5.41) is 15.3. The van der Waals surface area contributed by atoms with Crippen molar-refractivity contribution >= 4 is 45.9 Å². The largest absolute Gasteiger partial charge is 0.433 e. The van der Waals surface area contributed by atoms with E-state index in [4.69, 9.17) is 0 Å². The Labute approximate surface area is 276 Å². The Morgan fingerprint density at radius 1 is 1.00 bits per heavy atom. The molecule has 0 saturated heterocycles. The number of aliphatic imine (C=N–C) groups is 1. The van der Waals surface area contributed by atoms with Crippen molar-refractivity contribution in [1.29, 1.82) is 0 Å². The van der Waals surface area contributed by atoms with E-state index >= 15 is 0 Å². The molecule has 0 atom stereocenters. The van der Waals surface area contributed by atoms with Crippen molar-refractivity contribution in [3.05, 3.63) is 128 Å². The number of hydrogen-bond donors (Lipinski definition) is 1. The number of nitro benzene ring substituents is 1. The molecule has 13 heteroatoms. The Hall–Kier alpha value is -4.88. The smallest absolute Gasteiger partial charge is 0.348 e. The molecule has 5 aromatic rings. The minimum atomic E-state index is -4.74. The summed E-state index contributed by atoms with van der Waals surface area (Å²) < 4.78 is 41.1. The number of halogens is 3. The van der Waals surface area contributed by atoms with Gasteiger partial charge in [0.2, 0.25) is 0 Å². The molecule has 1 N–H and O–H groups in total. The SMILES string of the molecule is O=C(NCc1ccccc1)c1c(N=Cc2ccc(Sc3nc(-c4ccccc4)cc(C(F)(F)F)n3)c([N+](=O)[O-])c2)sc2c1CCCC2. The standard InChI is InChI=1S/C34H26F3N5O3S2/c35-34(36,37)29-18-25(23-11-5-2-6-12-23)40-33(41-29)47-28-16-15-22(17-26(28)42(44)45)20-39-32-30(24-13-7-8-14-27(24)46-32)31(43)38-19-21-9-3-1-4-10-21/h1-6,9-12,15-18,20H,7-8,13-14,19H2,(H,38,43). The molecule has 1 amide bonds. The van der Waals surface area contributed by atoms with Crippen LogP contribution in [0.4, 0.5) is 23.9 Å². The van der Waals surface area contributed by atoms with Gasteiger partial charge in [-0.15, -0.1) is 11.3 Å². The molecular weight excluding hydrogens is 648 g/mol. The van der Waals surface area contributed by atoms with Gasteiger partial charge in [-0.25, -0.2) is 15.0 Å². The molecule has 0 aliphatic heterocycles. The molecule has 0 fully saturated rings. The van der Waals surface area contributed by atoms with Gasteiger partial charge in [0.05, 0.1) is 21.1 Å². The van der Waals surface area contributed by atoms with E-state index in [1.807, 2.05) is 30.3 Å².